The maximum atomic E-state index is 15.6. The van der Waals surface area contributed by atoms with Crippen molar-refractivity contribution in [2.24, 2.45) is 0 Å². The van der Waals surface area contributed by atoms with Gasteiger partial charge in [-0.05, 0) is 60.6 Å². The first-order valence-corrected chi connectivity index (χ1v) is 13.8. The molecule has 0 saturated carbocycles. The van der Waals surface area contributed by atoms with Gasteiger partial charge < -0.3 is 4.43 Å². The summed E-state index contributed by atoms with van der Waals surface area (Å²) in [6.45, 7) is 10.1. The van der Waals surface area contributed by atoms with Crippen LogP contribution in [-0.4, -0.2) is 17.7 Å². The molecule has 0 bridgehead atoms. The fraction of sp³-hybridized carbons (Fsp3) is 0.269. The Kier molecular flexibility index (Phi) is 6.16. The Balaban J connectivity index is 1.77. The number of imidazole rings is 1. The van der Waals surface area contributed by atoms with Gasteiger partial charge in [0.2, 0.25) is 0 Å². The van der Waals surface area contributed by atoms with Crippen molar-refractivity contribution in [2.45, 2.75) is 45.5 Å². The van der Waals surface area contributed by atoms with Crippen molar-refractivity contribution in [1.82, 2.24) is 9.38 Å². The molecule has 0 N–H and O–H groups in total. The first-order valence-electron chi connectivity index (χ1n) is 10.9. The summed E-state index contributed by atoms with van der Waals surface area (Å²) in [7, 11) is -2.22. The predicted molar refractivity (Wildman–Crippen MR) is 128 cm³/mol. The third-order valence-electron chi connectivity index (χ3n) is 6.55. The van der Waals surface area contributed by atoms with E-state index in [0.717, 1.165) is 12.1 Å². The normalized spacial score (nSPS) is 12.5. The van der Waals surface area contributed by atoms with Crippen LogP contribution in [0.15, 0.2) is 54.7 Å². The fourth-order valence-corrected chi connectivity index (χ4v) is 4.36. The molecule has 4 aromatic rings. The first-order chi connectivity index (χ1) is 15.9. The van der Waals surface area contributed by atoms with Crippen molar-refractivity contribution in [1.29, 1.82) is 0 Å². The van der Waals surface area contributed by atoms with Gasteiger partial charge in [0.1, 0.15) is 17.3 Å². The molecule has 34 heavy (non-hydrogen) atoms. The van der Waals surface area contributed by atoms with Gasteiger partial charge in [-0.15, -0.1) is 0 Å². The Morgan fingerprint density at radius 3 is 2.29 bits per heavy atom. The van der Waals surface area contributed by atoms with Crippen molar-refractivity contribution in [3.63, 3.8) is 0 Å². The molecule has 0 aliphatic carbocycles. The number of aromatic nitrogens is 2. The molecule has 3 nitrogen and oxygen atoms in total. The summed E-state index contributed by atoms with van der Waals surface area (Å²) in [5.74, 6) is -3.30. The second kappa shape index (κ2) is 8.67. The molecule has 0 radical (unpaired) electrons. The molecule has 8 heteroatoms. The van der Waals surface area contributed by atoms with E-state index >= 15 is 4.39 Å². The van der Waals surface area contributed by atoms with E-state index in [1.54, 1.807) is 28.8 Å². The van der Waals surface area contributed by atoms with Crippen LogP contribution in [0, 0.1) is 23.3 Å². The van der Waals surface area contributed by atoms with Gasteiger partial charge in [0, 0.05) is 22.9 Å². The zero-order chi connectivity index (χ0) is 24.8. The van der Waals surface area contributed by atoms with Gasteiger partial charge in [0.15, 0.2) is 20.0 Å². The Morgan fingerprint density at radius 2 is 1.62 bits per heavy atom. The maximum Gasteiger partial charge on any atom is 0.192 e. The first kappa shape index (κ1) is 24.2. The number of hydrogen-bond acceptors (Lipinski definition) is 2. The number of fused-ring (bicyclic) bond motifs is 1. The lowest BCUT2D eigenvalue weighted by atomic mass is 10.1. The van der Waals surface area contributed by atoms with Gasteiger partial charge in [-0.2, -0.15) is 0 Å². The fourth-order valence-electron chi connectivity index (χ4n) is 3.42. The van der Waals surface area contributed by atoms with Gasteiger partial charge in [-0.3, -0.25) is 4.40 Å². The minimum atomic E-state index is -2.22. The molecular formula is C26H26F4N2OSi. The summed E-state index contributed by atoms with van der Waals surface area (Å²) in [5, 5.41) is -0.101. The smallest absolute Gasteiger partial charge is 0.192 e. The van der Waals surface area contributed by atoms with Crippen LogP contribution in [0.25, 0.3) is 28.2 Å². The van der Waals surface area contributed by atoms with Crippen LogP contribution in [0.2, 0.25) is 18.1 Å². The lowest BCUT2D eigenvalue weighted by molar-refractivity contribution is 0.265. The molecule has 0 aliphatic rings. The summed E-state index contributed by atoms with van der Waals surface area (Å²) in [4.78, 5) is 4.46. The lowest BCUT2D eigenvalue weighted by Gasteiger charge is -2.36. The lowest BCUT2D eigenvalue weighted by Crippen LogP contribution is -2.40. The minimum Gasteiger partial charge on any atom is -0.412 e. The summed E-state index contributed by atoms with van der Waals surface area (Å²) >= 11 is 0. The van der Waals surface area contributed by atoms with Gasteiger partial charge in [0.05, 0.1) is 18.0 Å². The molecule has 0 spiro atoms. The van der Waals surface area contributed by atoms with Crippen molar-refractivity contribution in [3.8, 4) is 22.5 Å². The van der Waals surface area contributed by atoms with E-state index in [4.69, 9.17) is 4.43 Å². The minimum absolute atomic E-state index is 0.101. The number of nitrogens with zero attached hydrogens (tertiary/aromatic N) is 2. The molecule has 2 heterocycles. The number of rotatable bonds is 5. The van der Waals surface area contributed by atoms with Gasteiger partial charge in [-0.25, -0.2) is 22.5 Å². The molecule has 0 amide bonds. The summed E-state index contributed by atoms with van der Waals surface area (Å²) < 4.78 is 65.0. The summed E-state index contributed by atoms with van der Waals surface area (Å²) in [5.41, 5.74) is 1.78. The monoisotopic (exact) mass is 486 g/mol. The molecular weight excluding hydrogens is 460 g/mol. The molecule has 0 aliphatic heterocycles. The second-order valence-electron chi connectivity index (χ2n) is 9.83. The van der Waals surface area contributed by atoms with Crippen LogP contribution in [0.1, 0.15) is 26.3 Å². The Hall–Kier alpha value is -2.97. The van der Waals surface area contributed by atoms with Crippen LogP contribution in [0.4, 0.5) is 17.6 Å². The van der Waals surface area contributed by atoms with Crippen LogP contribution in [0.5, 0.6) is 0 Å². The maximum absolute atomic E-state index is 15.6. The molecule has 0 atom stereocenters. The van der Waals surface area contributed by atoms with Crippen LogP contribution < -0.4 is 0 Å². The molecule has 4 rings (SSSR count). The van der Waals surface area contributed by atoms with Gasteiger partial charge in [0.25, 0.3) is 0 Å². The van der Waals surface area contributed by atoms with E-state index in [9.17, 15) is 13.2 Å². The van der Waals surface area contributed by atoms with E-state index in [-0.39, 0.29) is 22.8 Å². The van der Waals surface area contributed by atoms with Crippen LogP contribution in [-0.2, 0) is 11.0 Å². The van der Waals surface area contributed by atoms with E-state index in [0.29, 0.717) is 22.6 Å². The Labute approximate surface area is 197 Å². The molecule has 0 saturated heterocycles. The zero-order valence-electron chi connectivity index (χ0n) is 19.7. The highest BCUT2D eigenvalue weighted by Gasteiger charge is 2.37. The van der Waals surface area contributed by atoms with Crippen LogP contribution in [0.3, 0.4) is 0 Å². The zero-order valence-corrected chi connectivity index (χ0v) is 20.7. The molecule has 0 unspecified atom stereocenters. The topological polar surface area (TPSA) is 26.5 Å². The molecule has 0 fully saturated rings. The van der Waals surface area contributed by atoms with Crippen molar-refractivity contribution in [3.05, 3.63) is 83.6 Å². The SMILES string of the molecule is CC(C)(C)[Si](C)(C)OCc1c(F)ccc(-c2cccc3nc(-c4ccc(F)c(F)c4)cn23)c1F. The highest BCUT2D eigenvalue weighted by Crippen LogP contribution is 2.38. The third kappa shape index (κ3) is 4.40. The van der Waals surface area contributed by atoms with E-state index in [1.165, 1.54) is 18.2 Å². The average molecular weight is 487 g/mol. The largest absolute Gasteiger partial charge is 0.412 e. The van der Waals surface area contributed by atoms with E-state index in [1.807, 2.05) is 13.1 Å². The predicted octanol–water partition coefficient (Wildman–Crippen LogP) is 7.75. The number of benzene rings is 2. The van der Waals surface area contributed by atoms with Crippen molar-refractivity contribution < 1.29 is 22.0 Å². The second-order valence-corrected chi connectivity index (χ2v) is 14.6. The number of hydrogen-bond donors (Lipinski definition) is 0. The van der Waals surface area contributed by atoms with E-state index < -0.39 is 31.6 Å². The molecule has 2 aromatic heterocycles. The summed E-state index contributed by atoms with van der Waals surface area (Å²) in [6, 6.07) is 11.3. The Morgan fingerprint density at radius 1 is 0.912 bits per heavy atom. The molecule has 2 aromatic carbocycles. The van der Waals surface area contributed by atoms with Gasteiger partial charge >= 0.3 is 0 Å². The number of pyridine rings is 1. The highest BCUT2D eigenvalue weighted by molar-refractivity contribution is 6.74. The van der Waals surface area contributed by atoms with Crippen molar-refractivity contribution >= 4 is 14.0 Å². The van der Waals surface area contributed by atoms with Crippen LogP contribution >= 0.6 is 0 Å². The highest BCUT2D eigenvalue weighted by atomic mass is 28.4. The Bertz CT molecular complexity index is 1380. The van der Waals surface area contributed by atoms with E-state index in [2.05, 4.69) is 25.8 Å². The average Bonchev–Trinajstić information content (AvgIpc) is 3.19. The van der Waals surface area contributed by atoms with Gasteiger partial charge in [-0.1, -0.05) is 26.8 Å². The standard InChI is InChI=1S/C26H26F4N2OSi/c1-26(2,3)34(4,5)33-15-18-19(27)12-10-17(25(18)30)23-7-6-8-24-31-22(14-32(23)24)16-9-11-20(28)21(29)13-16/h6-14H,15H2,1-5H3. The van der Waals surface area contributed by atoms with Crippen molar-refractivity contribution in [2.75, 3.05) is 0 Å². The quantitative estimate of drug-likeness (QED) is 0.213. The summed E-state index contributed by atoms with van der Waals surface area (Å²) in [6.07, 6.45) is 1.62. The molecule has 178 valence electrons. The third-order valence-corrected chi connectivity index (χ3v) is 11.0. The number of halogens is 4.